The molecule has 0 unspecified atom stereocenters. The van der Waals surface area contributed by atoms with E-state index < -0.39 is 42.6 Å². The minimum absolute atomic E-state index is 0.00681. The van der Waals surface area contributed by atoms with Gasteiger partial charge in [0.2, 0.25) is 0 Å². The van der Waals surface area contributed by atoms with Crippen LogP contribution < -0.4 is 0 Å². The molecule has 0 bridgehead atoms. The van der Waals surface area contributed by atoms with Gasteiger partial charge in [-0.25, -0.2) is 0 Å². The van der Waals surface area contributed by atoms with Crippen LogP contribution in [0.1, 0.15) is 92.4 Å². The number of esters is 1. The molecule has 0 aromatic rings. The van der Waals surface area contributed by atoms with E-state index in [0.717, 1.165) is 37.7 Å². The van der Waals surface area contributed by atoms with Crippen LogP contribution in [0.3, 0.4) is 0 Å². The molecule has 55 heavy (non-hydrogen) atoms. The predicted octanol–water partition coefficient (Wildman–Crippen LogP) is 4.56. The fraction of sp³-hybridized carbons (Fsp3) is 0.857. The van der Waals surface area contributed by atoms with Crippen molar-refractivity contribution in [3.63, 3.8) is 0 Å². The molecule has 1 N–H and O–H groups in total. The smallest absolute Gasteiger partial charge is 0.317 e. The highest BCUT2D eigenvalue weighted by molar-refractivity contribution is 6.05. The Morgan fingerprint density at radius 1 is 0.745 bits per heavy atom. The fourth-order valence-corrected chi connectivity index (χ4v) is 12.0. The molecule has 8 aliphatic rings. The Bertz CT molecular complexity index is 1520. The number of cyclic esters (lactones) is 1. The third-order valence-electron chi connectivity index (χ3n) is 14.9. The molecule has 0 radical (unpaired) electrons. The van der Waals surface area contributed by atoms with Crippen molar-refractivity contribution in [2.24, 2.45) is 28.6 Å². The summed E-state index contributed by atoms with van der Waals surface area (Å²) in [5, 5.41) is 10.4. The molecule has 0 aromatic heterocycles. The van der Waals surface area contributed by atoms with Crippen molar-refractivity contribution in [1.29, 1.82) is 0 Å². The lowest BCUT2D eigenvalue weighted by atomic mass is 9.48. The van der Waals surface area contributed by atoms with E-state index in [4.69, 9.17) is 47.4 Å². The lowest BCUT2D eigenvalue weighted by Gasteiger charge is -2.55. The number of ether oxygens (including phenoxy) is 10. The minimum atomic E-state index is -0.749. The van der Waals surface area contributed by atoms with Crippen molar-refractivity contribution in [2.75, 3.05) is 21.3 Å². The van der Waals surface area contributed by atoms with Crippen molar-refractivity contribution in [1.82, 2.24) is 0 Å². The Morgan fingerprint density at radius 3 is 1.95 bits per heavy atom. The number of hydrogen-bond acceptors (Lipinski definition) is 13. The fourth-order valence-electron chi connectivity index (χ4n) is 12.0. The van der Waals surface area contributed by atoms with Crippen LogP contribution in [-0.4, -0.2) is 124 Å². The first-order valence-corrected chi connectivity index (χ1v) is 20.7. The normalized spacial score (nSPS) is 51.0. The maximum absolute atomic E-state index is 13.3. The second-order valence-corrected chi connectivity index (χ2v) is 17.7. The molecule has 1 spiro atoms. The molecular weight excluding hydrogens is 712 g/mol. The molecule has 4 saturated heterocycles. The van der Waals surface area contributed by atoms with Gasteiger partial charge in [-0.2, -0.15) is 0 Å². The maximum Gasteiger partial charge on any atom is 0.317 e. The van der Waals surface area contributed by atoms with E-state index in [2.05, 4.69) is 13.0 Å². The first kappa shape index (κ1) is 40.0. The lowest BCUT2D eigenvalue weighted by Crippen LogP contribution is -2.57. The van der Waals surface area contributed by atoms with Crippen molar-refractivity contribution in [2.45, 2.75) is 178 Å². The molecule has 308 valence electrons. The van der Waals surface area contributed by atoms with E-state index in [1.165, 1.54) is 5.57 Å². The summed E-state index contributed by atoms with van der Waals surface area (Å²) < 4.78 is 61.5. The van der Waals surface area contributed by atoms with Crippen molar-refractivity contribution < 1.29 is 62.1 Å². The van der Waals surface area contributed by atoms with Gasteiger partial charge in [0.05, 0.1) is 48.6 Å². The number of methoxy groups -OCH3 is 3. The second-order valence-electron chi connectivity index (χ2n) is 17.7. The summed E-state index contributed by atoms with van der Waals surface area (Å²) in [5.74, 6) is 0.0859. The molecule has 6 fully saturated rings. The van der Waals surface area contributed by atoms with Crippen LogP contribution in [0, 0.1) is 28.6 Å². The van der Waals surface area contributed by atoms with Gasteiger partial charge in [0.1, 0.15) is 29.8 Å². The average Bonchev–Trinajstić information content (AvgIpc) is 3.61. The largest absolute Gasteiger partial charge is 0.461 e. The van der Waals surface area contributed by atoms with Gasteiger partial charge in [-0.05, 0) is 95.1 Å². The minimum Gasteiger partial charge on any atom is -0.461 e. The number of hydrogen-bond donors (Lipinski definition) is 1. The molecule has 4 aliphatic carbocycles. The number of fused-ring (bicyclic) bond motifs is 4. The Labute approximate surface area is 325 Å². The third kappa shape index (κ3) is 6.79. The predicted molar refractivity (Wildman–Crippen MR) is 195 cm³/mol. The molecular formula is C42H62O13. The SMILES string of the molecule is CO[C@H]1C[C@H](O[C@H]2CC[C@@]3(C)C(=CC[C@H]4C5=CC(=O)[C@@H]6[C@@H](C)OC(=O)[C@]56CC[C@@H]43)C2)O[C@H](C)[C@H]1O[C@H]1C[C@H](OC)[C@H](O[C@H]2C[C@@H](OC)[C@H](O)[C@@H](C)O2)[C@@H](C)O1. The topological polar surface area (TPSA) is 147 Å². The van der Waals surface area contributed by atoms with Crippen LogP contribution >= 0.6 is 0 Å². The number of aliphatic hydroxyl groups excluding tert-OH is 1. The molecule has 13 nitrogen and oxygen atoms in total. The van der Waals surface area contributed by atoms with Gasteiger partial charge < -0.3 is 52.5 Å². The molecule has 0 aromatic carbocycles. The van der Waals surface area contributed by atoms with E-state index >= 15 is 0 Å². The van der Waals surface area contributed by atoms with Crippen LogP contribution in [0.2, 0.25) is 0 Å². The second kappa shape index (κ2) is 15.4. The van der Waals surface area contributed by atoms with Gasteiger partial charge in [-0.15, -0.1) is 0 Å². The summed E-state index contributed by atoms with van der Waals surface area (Å²) in [6, 6.07) is 0. The van der Waals surface area contributed by atoms with Crippen molar-refractivity contribution in [3.05, 3.63) is 23.3 Å². The van der Waals surface area contributed by atoms with Crippen LogP contribution in [0.5, 0.6) is 0 Å². The van der Waals surface area contributed by atoms with Gasteiger partial charge in [0.15, 0.2) is 24.7 Å². The van der Waals surface area contributed by atoms with E-state index in [0.29, 0.717) is 31.6 Å². The quantitative estimate of drug-likeness (QED) is 0.258. The number of ketones is 1. The molecule has 19 atom stereocenters. The number of rotatable bonds is 9. The highest BCUT2D eigenvalue weighted by Gasteiger charge is 2.68. The van der Waals surface area contributed by atoms with Gasteiger partial charge in [-0.1, -0.05) is 18.6 Å². The number of carbonyl (C=O) groups is 2. The third-order valence-corrected chi connectivity index (χ3v) is 14.9. The summed E-state index contributed by atoms with van der Waals surface area (Å²) in [5.41, 5.74) is 1.71. The zero-order valence-corrected chi connectivity index (χ0v) is 33.7. The van der Waals surface area contributed by atoms with Crippen molar-refractivity contribution >= 4 is 11.8 Å². The molecule has 13 heteroatoms. The van der Waals surface area contributed by atoms with Gasteiger partial charge in [0.25, 0.3) is 0 Å². The summed E-state index contributed by atoms with van der Waals surface area (Å²) in [6.07, 6.45) is 5.22. The summed E-state index contributed by atoms with van der Waals surface area (Å²) in [7, 11) is 4.94. The average molecular weight is 775 g/mol. The Balaban J connectivity index is 0.865. The van der Waals surface area contributed by atoms with E-state index in [1.807, 2.05) is 33.8 Å². The first-order valence-electron chi connectivity index (χ1n) is 20.7. The summed E-state index contributed by atoms with van der Waals surface area (Å²) in [6.45, 7) is 10.00. The first-order chi connectivity index (χ1) is 26.3. The zero-order valence-electron chi connectivity index (χ0n) is 33.7. The number of aliphatic hydroxyl groups is 1. The Kier molecular flexibility index (Phi) is 11.2. The molecule has 0 amide bonds. The maximum atomic E-state index is 13.3. The monoisotopic (exact) mass is 774 g/mol. The molecule has 2 saturated carbocycles. The number of carbonyl (C=O) groups excluding carboxylic acids is 2. The van der Waals surface area contributed by atoms with Crippen LogP contribution in [0.15, 0.2) is 23.3 Å². The standard InChI is InChI=1S/C42H62O13/c1-20-36-29(43)16-28-26-10-9-24-15-25(11-13-41(24,5)27(26)12-14-42(28,36)40(45)52-20)53-33-18-31(47-7)38(22(3)50-33)55-35-19-32(48-8)39(23(4)51-35)54-34-17-30(46-6)37(44)21(2)49-34/h9,16,20-23,25-27,30-39,44H,10-15,17-19H2,1-8H3/t20-,21-,22-,23-,25+,26-,27+,30-,31+,32+,33+,34+,35+,36+,37-,38-,39-,41+,42-/m1/s1. The van der Waals surface area contributed by atoms with Crippen LogP contribution in [-0.2, 0) is 57.0 Å². The molecule has 4 aliphatic heterocycles. The van der Waals surface area contributed by atoms with E-state index in [-0.39, 0.29) is 77.8 Å². The highest BCUT2D eigenvalue weighted by Crippen LogP contribution is 2.66. The Hall–Kier alpha value is -1.78. The Morgan fingerprint density at radius 2 is 1.33 bits per heavy atom. The number of allylic oxidation sites excluding steroid dienone is 2. The van der Waals surface area contributed by atoms with Gasteiger partial charge in [0, 0.05) is 40.6 Å². The van der Waals surface area contributed by atoms with E-state index in [9.17, 15) is 14.7 Å². The molecule has 8 rings (SSSR count). The lowest BCUT2D eigenvalue weighted by molar-refractivity contribution is -0.338. The van der Waals surface area contributed by atoms with Crippen LogP contribution in [0.4, 0.5) is 0 Å². The van der Waals surface area contributed by atoms with Gasteiger partial charge in [-0.3, -0.25) is 9.59 Å². The van der Waals surface area contributed by atoms with Crippen molar-refractivity contribution in [3.8, 4) is 0 Å². The zero-order chi connectivity index (χ0) is 39.0. The van der Waals surface area contributed by atoms with E-state index in [1.54, 1.807) is 21.3 Å². The van der Waals surface area contributed by atoms with Crippen LogP contribution in [0.25, 0.3) is 0 Å². The summed E-state index contributed by atoms with van der Waals surface area (Å²) >= 11 is 0. The molecule has 4 heterocycles. The van der Waals surface area contributed by atoms with Gasteiger partial charge >= 0.3 is 5.97 Å². The summed E-state index contributed by atoms with van der Waals surface area (Å²) in [4.78, 5) is 26.4. The highest BCUT2D eigenvalue weighted by atomic mass is 16.7.